The van der Waals surface area contributed by atoms with Crippen molar-refractivity contribution in [1.29, 1.82) is 5.26 Å². The molecule has 0 saturated carbocycles. The van der Waals surface area contributed by atoms with Gasteiger partial charge in [0.2, 0.25) is 0 Å². The summed E-state index contributed by atoms with van der Waals surface area (Å²) in [4.78, 5) is 0. The fourth-order valence-corrected chi connectivity index (χ4v) is 3.07. The second kappa shape index (κ2) is 6.76. The monoisotopic (exact) mass is 265 g/mol. The molecular weight excluding hydrogens is 246 g/mol. The highest BCUT2D eigenvalue weighted by molar-refractivity contribution is 7.99. The third-order valence-corrected chi connectivity index (χ3v) is 4.12. The number of nitrogens with zero attached hydrogens (tertiary/aromatic N) is 4. The van der Waals surface area contributed by atoms with Crippen LogP contribution in [0, 0.1) is 11.3 Å². The predicted molar refractivity (Wildman–Crippen MR) is 71.4 cm³/mol. The van der Waals surface area contributed by atoms with Gasteiger partial charge in [-0.2, -0.15) is 5.26 Å². The van der Waals surface area contributed by atoms with Gasteiger partial charge in [-0.25, -0.2) is 0 Å². The molecule has 0 aliphatic carbocycles. The Kier molecular flexibility index (Phi) is 5.02. The number of rotatable bonds is 5. The van der Waals surface area contributed by atoms with Crippen LogP contribution in [0.4, 0.5) is 0 Å². The smallest absolute Gasteiger partial charge is 0.191 e. The molecular formula is C12H19N5S. The van der Waals surface area contributed by atoms with Crippen LogP contribution in [0.25, 0.3) is 0 Å². The number of fused-ring (bicyclic) bond motifs is 1. The fourth-order valence-electron chi connectivity index (χ4n) is 2.11. The largest absolute Gasteiger partial charge is 0.306 e. The lowest BCUT2D eigenvalue weighted by Gasteiger charge is -2.10. The number of aromatic nitrogens is 3. The normalized spacial score (nSPS) is 16.7. The summed E-state index contributed by atoms with van der Waals surface area (Å²) in [6.45, 7) is 3.85. The Hall–Kier alpha value is -1.06. The van der Waals surface area contributed by atoms with Crippen molar-refractivity contribution in [2.24, 2.45) is 0 Å². The van der Waals surface area contributed by atoms with Crippen LogP contribution in [-0.4, -0.2) is 33.1 Å². The lowest BCUT2D eigenvalue weighted by Crippen LogP contribution is -2.29. The zero-order valence-electron chi connectivity index (χ0n) is 10.7. The van der Waals surface area contributed by atoms with Gasteiger partial charge in [0.1, 0.15) is 11.9 Å². The number of hydrogen-bond donors (Lipinski definition) is 1. The molecule has 18 heavy (non-hydrogen) atoms. The highest BCUT2D eigenvalue weighted by atomic mass is 32.2. The summed E-state index contributed by atoms with van der Waals surface area (Å²) in [5.74, 6) is 1.83. The van der Waals surface area contributed by atoms with E-state index < -0.39 is 0 Å². The first-order valence-electron chi connectivity index (χ1n) is 6.53. The van der Waals surface area contributed by atoms with Crippen LogP contribution >= 0.6 is 11.8 Å². The molecule has 6 heteroatoms. The summed E-state index contributed by atoms with van der Waals surface area (Å²) >= 11 is 1.63. The molecule has 1 unspecified atom stereocenters. The van der Waals surface area contributed by atoms with Crippen molar-refractivity contribution >= 4 is 11.8 Å². The molecule has 0 fully saturated rings. The Morgan fingerprint density at radius 3 is 3.11 bits per heavy atom. The first-order valence-corrected chi connectivity index (χ1v) is 7.51. The molecule has 1 aliphatic rings. The van der Waals surface area contributed by atoms with Gasteiger partial charge in [-0.15, -0.1) is 10.2 Å². The van der Waals surface area contributed by atoms with E-state index in [1.165, 1.54) is 19.3 Å². The van der Waals surface area contributed by atoms with Crippen molar-refractivity contribution in [3.63, 3.8) is 0 Å². The Morgan fingerprint density at radius 2 is 2.33 bits per heavy atom. The van der Waals surface area contributed by atoms with Crippen molar-refractivity contribution in [3.8, 4) is 6.07 Å². The maximum absolute atomic E-state index is 9.00. The van der Waals surface area contributed by atoms with Crippen LogP contribution in [0.3, 0.4) is 0 Å². The highest BCUT2D eigenvalue weighted by Gasteiger charge is 2.16. The quantitative estimate of drug-likeness (QED) is 0.819. The van der Waals surface area contributed by atoms with E-state index in [0.29, 0.717) is 0 Å². The Balaban J connectivity index is 1.97. The lowest BCUT2D eigenvalue weighted by molar-refractivity contribution is 0.590. The van der Waals surface area contributed by atoms with Crippen LogP contribution in [0.1, 0.15) is 32.0 Å². The molecule has 0 spiro atoms. The van der Waals surface area contributed by atoms with Crippen molar-refractivity contribution < 1.29 is 0 Å². The van der Waals surface area contributed by atoms with E-state index in [-0.39, 0.29) is 6.04 Å². The van der Waals surface area contributed by atoms with Gasteiger partial charge >= 0.3 is 0 Å². The Morgan fingerprint density at radius 1 is 1.44 bits per heavy atom. The molecule has 2 heterocycles. The minimum atomic E-state index is -0.112. The molecule has 5 nitrogen and oxygen atoms in total. The zero-order chi connectivity index (χ0) is 12.8. The van der Waals surface area contributed by atoms with Crippen molar-refractivity contribution in [2.45, 2.75) is 50.4 Å². The second-order valence-corrected chi connectivity index (χ2v) is 5.40. The topological polar surface area (TPSA) is 66.5 Å². The minimum Gasteiger partial charge on any atom is -0.306 e. The molecule has 98 valence electrons. The van der Waals surface area contributed by atoms with Gasteiger partial charge < -0.3 is 9.88 Å². The zero-order valence-corrected chi connectivity index (χ0v) is 11.5. The number of thioether (sulfide) groups is 1. The molecule has 2 rings (SSSR count). The van der Waals surface area contributed by atoms with Gasteiger partial charge in [0.25, 0.3) is 0 Å². The molecule has 1 N–H and O–H groups in total. The number of aryl methyl sites for hydroxylation is 1. The summed E-state index contributed by atoms with van der Waals surface area (Å²) in [5, 5.41) is 21.6. The van der Waals surface area contributed by atoms with Crippen LogP contribution in [0.5, 0.6) is 0 Å². The summed E-state index contributed by atoms with van der Waals surface area (Å²) in [6, 6.07) is 2.16. The van der Waals surface area contributed by atoms with Crippen LogP contribution in [0.15, 0.2) is 5.16 Å². The number of nitrogens with one attached hydrogen (secondary N) is 1. The molecule has 0 saturated heterocycles. The molecule has 1 aromatic heterocycles. The van der Waals surface area contributed by atoms with E-state index in [4.69, 9.17) is 5.26 Å². The third-order valence-electron chi connectivity index (χ3n) is 3.06. The van der Waals surface area contributed by atoms with Gasteiger partial charge in [0, 0.05) is 18.7 Å². The summed E-state index contributed by atoms with van der Waals surface area (Å²) in [7, 11) is 0. The van der Waals surface area contributed by atoms with Crippen molar-refractivity contribution in [2.75, 3.05) is 12.3 Å². The van der Waals surface area contributed by atoms with E-state index >= 15 is 0 Å². The number of hydrogen-bond acceptors (Lipinski definition) is 5. The van der Waals surface area contributed by atoms with Crippen molar-refractivity contribution in [1.82, 2.24) is 20.1 Å². The third kappa shape index (κ3) is 3.24. The average molecular weight is 265 g/mol. The van der Waals surface area contributed by atoms with Crippen LogP contribution in [0.2, 0.25) is 0 Å². The Bertz CT molecular complexity index is 423. The van der Waals surface area contributed by atoms with Crippen LogP contribution < -0.4 is 5.32 Å². The standard InChI is InChI=1S/C12H19N5S/c1-2-14-10(8-13)9-18-12-16-15-11-6-4-3-5-7-17(11)12/h10,14H,2-7,9H2,1H3. The maximum Gasteiger partial charge on any atom is 0.191 e. The van der Waals surface area contributed by atoms with E-state index in [0.717, 1.165) is 36.2 Å². The minimum absolute atomic E-state index is 0.112. The first-order chi connectivity index (χ1) is 8.85. The van der Waals surface area contributed by atoms with E-state index in [1.807, 2.05) is 6.92 Å². The van der Waals surface area contributed by atoms with Gasteiger partial charge in [-0.05, 0) is 19.4 Å². The van der Waals surface area contributed by atoms with Gasteiger partial charge in [-0.1, -0.05) is 25.1 Å². The predicted octanol–water partition coefficient (Wildman–Crippen LogP) is 1.60. The van der Waals surface area contributed by atoms with Gasteiger partial charge in [0.05, 0.1) is 6.07 Å². The van der Waals surface area contributed by atoms with Gasteiger partial charge in [0.15, 0.2) is 5.16 Å². The second-order valence-electron chi connectivity index (χ2n) is 4.41. The molecule has 0 aromatic carbocycles. The van der Waals surface area contributed by atoms with Crippen molar-refractivity contribution in [3.05, 3.63) is 5.82 Å². The average Bonchev–Trinajstić information content (AvgIpc) is 2.62. The SMILES string of the molecule is CCNC(C#N)CSc1nnc2n1CCCCC2. The maximum atomic E-state index is 9.00. The summed E-state index contributed by atoms with van der Waals surface area (Å²) in [6.07, 6.45) is 4.71. The first kappa shape index (κ1) is 13.4. The molecule has 1 aromatic rings. The van der Waals surface area contributed by atoms with Gasteiger partial charge in [-0.3, -0.25) is 0 Å². The molecule has 0 amide bonds. The fraction of sp³-hybridized carbons (Fsp3) is 0.750. The van der Waals surface area contributed by atoms with Crippen LogP contribution in [-0.2, 0) is 13.0 Å². The Labute approximate surface area is 112 Å². The molecule has 0 radical (unpaired) electrons. The van der Waals surface area contributed by atoms with E-state index in [2.05, 4.69) is 26.2 Å². The highest BCUT2D eigenvalue weighted by Crippen LogP contribution is 2.22. The molecule has 1 atom stereocenters. The molecule has 0 bridgehead atoms. The van der Waals surface area contributed by atoms with E-state index in [1.54, 1.807) is 11.8 Å². The lowest BCUT2D eigenvalue weighted by atomic mass is 10.2. The number of nitriles is 1. The summed E-state index contributed by atoms with van der Waals surface area (Å²) < 4.78 is 2.22. The van der Waals surface area contributed by atoms with E-state index in [9.17, 15) is 0 Å². The summed E-state index contributed by atoms with van der Waals surface area (Å²) in [5.41, 5.74) is 0. The molecule has 1 aliphatic heterocycles.